The van der Waals surface area contributed by atoms with Crippen LogP contribution in [0.5, 0.6) is 0 Å². The highest BCUT2D eigenvalue weighted by atomic mass is 35.5. The van der Waals surface area contributed by atoms with Crippen molar-refractivity contribution in [3.05, 3.63) is 39.3 Å². The number of nitrogens with zero attached hydrogens (tertiary/aromatic N) is 4. The van der Waals surface area contributed by atoms with Crippen LogP contribution in [0.2, 0.25) is 5.02 Å². The first-order valence-electron chi connectivity index (χ1n) is 7.17. The van der Waals surface area contributed by atoms with Gasteiger partial charge < -0.3 is 0 Å². The van der Waals surface area contributed by atoms with Crippen LogP contribution >= 0.6 is 11.6 Å². The first-order chi connectivity index (χ1) is 9.65. The minimum atomic E-state index is 0.0467. The van der Waals surface area contributed by atoms with E-state index in [-0.39, 0.29) is 5.69 Å². The Morgan fingerprint density at radius 1 is 1.35 bits per heavy atom. The molecule has 2 heterocycles. The third-order valence-corrected chi connectivity index (χ3v) is 4.26. The van der Waals surface area contributed by atoms with E-state index < -0.39 is 0 Å². The molecule has 1 aliphatic carbocycles. The smallest absolute Gasteiger partial charge is 0.296 e. The largest absolute Gasteiger partial charge is 0.328 e. The Morgan fingerprint density at radius 3 is 2.70 bits per heavy atom. The molecule has 6 heteroatoms. The topological polar surface area (TPSA) is 44.8 Å². The molecule has 0 N–H and O–H groups in total. The lowest BCUT2D eigenvalue weighted by molar-refractivity contribution is 0.580. The molecule has 0 amide bonds. The number of rotatable bonds is 5. The van der Waals surface area contributed by atoms with E-state index >= 15 is 0 Å². The van der Waals surface area contributed by atoms with E-state index in [1.165, 1.54) is 0 Å². The van der Waals surface area contributed by atoms with Crippen molar-refractivity contribution in [3.63, 3.8) is 0 Å². The van der Waals surface area contributed by atoms with Crippen molar-refractivity contribution >= 4 is 11.6 Å². The normalized spacial score (nSPS) is 14.9. The summed E-state index contributed by atoms with van der Waals surface area (Å²) in [6.45, 7) is 5.31. The van der Waals surface area contributed by atoms with Crippen LogP contribution in [0.3, 0.4) is 0 Å². The van der Waals surface area contributed by atoms with Crippen molar-refractivity contribution in [2.75, 3.05) is 0 Å². The number of aryl methyl sites for hydroxylation is 2. The van der Waals surface area contributed by atoms with Crippen LogP contribution in [-0.4, -0.2) is 18.9 Å². The molecule has 108 valence electrons. The van der Waals surface area contributed by atoms with Crippen LogP contribution in [0.15, 0.2) is 17.2 Å². The zero-order chi connectivity index (χ0) is 14.3. The standard InChI is InChI=1S/C14H19ClN4O/c1-3-11-13(15)12(19(4-2)16-11)9-17-7-8-18(14(17)20)10-5-6-10/h7-8,10H,3-6,9H2,1-2H3. The van der Waals surface area contributed by atoms with Gasteiger partial charge in [-0.15, -0.1) is 0 Å². The number of hydrogen-bond donors (Lipinski definition) is 0. The van der Waals surface area contributed by atoms with Crippen molar-refractivity contribution < 1.29 is 0 Å². The highest BCUT2D eigenvalue weighted by Crippen LogP contribution is 2.33. The minimum absolute atomic E-state index is 0.0467. The predicted molar refractivity (Wildman–Crippen MR) is 78.4 cm³/mol. The Hall–Kier alpha value is -1.49. The molecular weight excluding hydrogens is 276 g/mol. The molecule has 0 radical (unpaired) electrons. The first-order valence-corrected chi connectivity index (χ1v) is 7.54. The monoisotopic (exact) mass is 294 g/mol. The lowest BCUT2D eigenvalue weighted by atomic mass is 10.3. The fraction of sp³-hybridized carbons (Fsp3) is 0.571. The molecule has 0 saturated heterocycles. The van der Waals surface area contributed by atoms with Gasteiger partial charge in [-0.1, -0.05) is 18.5 Å². The SMILES string of the molecule is CCc1nn(CC)c(Cn2ccn(C3CC3)c2=O)c1Cl. The maximum Gasteiger partial charge on any atom is 0.328 e. The second-order valence-corrected chi connectivity index (χ2v) is 5.60. The van der Waals surface area contributed by atoms with Crippen molar-refractivity contribution in [1.29, 1.82) is 0 Å². The van der Waals surface area contributed by atoms with Gasteiger partial charge in [0.25, 0.3) is 0 Å². The van der Waals surface area contributed by atoms with E-state index in [1.807, 2.05) is 35.5 Å². The van der Waals surface area contributed by atoms with Crippen LogP contribution in [0, 0.1) is 0 Å². The summed E-state index contributed by atoms with van der Waals surface area (Å²) in [7, 11) is 0. The Bertz CT molecular complexity index is 678. The highest BCUT2D eigenvalue weighted by Gasteiger charge is 2.26. The van der Waals surface area contributed by atoms with Crippen LogP contribution in [0.25, 0.3) is 0 Å². The van der Waals surface area contributed by atoms with E-state index in [0.717, 1.165) is 37.2 Å². The summed E-state index contributed by atoms with van der Waals surface area (Å²) >= 11 is 6.39. The molecule has 2 aromatic heterocycles. The Morgan fingerprint density at radius 2 is 2.10 bits per heavy atom. The van der Waals surface area contributed by atoms with E-state index in [1.54, 1.807) is 4.57 Å². The molecule has 0 aromatic carbocycles. The van der Waals surface area contributed by atoms with E-state index in [4.69, 9.17) is 11.6 Å². The molecule has 0 spiro atoms. The summed E-state index contributed by atoms with van der Waals surface area (Å²) in [6, 6.07) is 0.404. The average Bonchev–Trinajstić information content (AvgIpc) is 3.16. The van der Waals surface area contributed by atoms with Crippen LogP contribution in [0.4, 0.5) is 0 Å². The van der Waals surface area contributed by atoms with Crippen molar-refractivity contribution in [1.82, 2.24) is 18.9 Å². The van der Waals surface area contributed by atoms with E-state index in [0.29, 0.717) is 17.6 Å². The molecule has 0 atom stereocenters. The molecule has 0 unspecified atom stereocenters. The van der Waals surface area contributed by atoms with E-state index in [9.17, 15) is 4.79 Å². The third-order valence-electron chi connectivity index (χ3n) is 3.83. The third kappa shape index (κ3) is 2.20. The number of hydrogen-bond acceptors (Lipinski definition) is 2. The summed E-state index contributed by atoms with van der Waals surface area (Å²) in [5.74, 6) is 0. The lowest BCUT2D eigenvalue weighted by Gasteiger charge is -2.05. The van der Waals surface area contributed by atoms with Gasteiger partial charge in [0.15, 0.2) is 0 Å². The summed E-state index contributed by atoms with van der Waals surface area (Å²) in [5.41, 5.74) is 1.87. The summed E-state index contributed by atoms with van der Waals surface area (Å²) in [6.07, 6.45) is 6.74. The van der Waals surface area contributed by atoms with Gasteiger partial charge >= 0.3 is 5.69 Å². The number of imidazole rings is 1. The average molecular weight is 295 g/mol. The number of halogens is 1. The maximum absolute atomic E-state index is 12.3. The van der Waals surface area contributed by atoms with Crippen LogP contribution in [0.1, 0.15) is 44.1 Å². The van der Waals surface area contributed by atoms with Gasteiger partial charge in [-0.05, 0) is 26.2 Å². The summed E-state index contributed by atoms with van der Waals surface area (Å²) in [5, 5.41) is 5.18. The zero-order valence-electron chi connectivity index (χ0n) is 11.8. The molecular formula is C14H19ClN4O. The van der Waals surface area contributed by atoms with Gasteiger partial charge in [-0.3, -0.25) is 13.8 Å². The second kappa shape index (κ2) is 5.13. The predicted octanol–water partition coefficient (Wildman–Crippen LogP) is 2.47. The molecule has 1 aliphatic rings. The quantitative estimate of drug-likeness (QED) is 0.850. The van der Waals surface area contributed by atoms with Gasteiger partial charge in [0.2, 0.25) is 0 Å². The second-order valence-electron chi connectivity index (χ2n) is 5.22. The Kier molecular flexibility index (Phi) is 3.46. The molecule has 1 fully saturated rings. The van der Waals surface area contributed by atoms with Crippen molar-refractivity contribution in [2.45, 2.75) is 52.2 Å². The van der Waals surface area contributed by atoms with Crippen LogP contribution in [-0.2, 0) is 19.5 Å². The summed E-state index contributed by atoms with van der Waals surface area (Å²) < 4.78 is 5.43. The van der Waals surface area contributed by atoms with Gasteiger partial charge in [0.1, 0.15) is 0 Å². The summed E-state index contributed by atoms with van der Waals surface area (Å²) in [4.78, 5) is 12.3. The Balaban J connectivity index is 1.94. The lowest BCUT2D eigenvalue weighted by Crippen LogP contribution is -2.24. The molecule has 3 rings (SSSR count). The molecule has 20 heavy (non-hydrogen) atoms. The molecule has 5 nitrogen and oxygen atoms in total. The molecule has 0 aliphatic heterocycles. The molecule has 2 aromatic rings. The minimum Gasteiger partial charge on any atom is -0.296 e. The first kappa shape index (κ1) is 13.5. The van der Waals surface area contributed by atoms with Gasteiger partial charge in [-0.25, -0.2) is 4.79 Å². The van der Waals surface area contributed by atoms with Gasteiger partial charge in [0.05, 0.1) is 23.0 Å². The molecule has 1 saturated carbocycles. The Labute approximate surface area is 122 Å². The highest BCUT2D eigenvalue weighted by molar-refractivity contribution is 6.31. The van der Waals surface area contributed by atoms with Crippen LogP contribution < -0.4 is 5.69 Å². The fourth-order valence-corrected chi connectivity index (χ4v) is 2.84. The molecule has 0 bridgehead atoms. The maximum atomic E-state index is 12.3. The fourth-order valence-electron chi connectivity index (χ4n) is 2.51. The zero-order valence-corrected chi connectivity index (χ0v) is 12.6. The van der Waals surface area contributed by atoms with Crippen molar-refractivity contribution in [3.8, 4) is 0 Å². The van der Waals surface area contributed by atoms with Gasteiger partial charge in [0, 0.05) is 25.0 Å². The number of aromatic nitrogens is 4. The van der Waals surface area contributed by atoms with Gasteiger partial charge in [-0.2, -0.15) is 5.10 Å². The van der Waals surface area contributed by atoms with E-state index in [2.05, 4.69) is 5.10 Å². The van der Waals surface area contributed by atoms with Crippen molar-refractivity contribution in [2.24, 2.45) is 0 Å².